The van der Waals surface area contributed by atoms with Crippen molar-refractivity contribution in [1.29, 1.82) is 0 Å². The van der Waals surface area contributed by atoms with Gasteiger partial charge in [0.25, 0.3) is 5.91 Å². The molecule has 7 heteroatoms. The molecule has 2 unspecified atom stereocenters. The predicted octanol–water partition coefficient (Wildman–Crippen LogP) is -1.05. The van der Waals surface area contributed by atoms with Crippen LogP contribution in [0.1, 0.15) is 19.8 Å². The molecule has 7 nitrogen and oxygen atoms in total. The smallest absolute Gasteiger partial charge is 0.332 e. The van der Waals surface area contributed by atoms with Crippen LogP contribution < -0.4 is 5.73 Å². The summed E-state index contributed by atoms with van der Waals surface area (Å²) >= 11 is 0. The molecule has 1 fully saturated rings. The standard InChI is InChI=1S/C10H16N2O5/c1-2-12(5-8(11)13)9(14)6-3-4-7(17-6)10(15)16/h6-7H,2-5H2,1H3,(H2,11,13)(H,15,16). The van der Waals surface area contributed by atoms with Gasteiger partial charge in [0.2, 0.25) is 5.91 Å². The van der Waals surface area contributed by atoms with E-state index >= 15 is 0 Å². The minimum absolute atomic E-state index is 0.174. The Morgan fingerprint density at radius 3 is 2.35 bits per heavy atom. The van der Waals surface area contributed by atoms with Gasteiger partial charge in [-0.2, -0.15) is 0 Å². The normalized spacial score (nSPS) is 23.4. The second-order valence-electron chi connectivity index (χ2n) is 3.85. The van der Waals surface area contributed by atoms with Crippen LogP contribution in [0.25, 0.3) is 0 Å². The largest absolute Gasteiger partial charge is 0.479 e. The lowest BCUT2D eigenvalue weighted by Crippen LogP contribution is -2.43. The van der Waals surface area contributed by atoms with E-state index in [0.29, 0.717) is 19.4 Å². The number of primary amides is 1. The molecular weight excluding hydrogens is 228 g/mol. The molecular formula is C10H16N2O5. The van der Waals surface area contributed by atoms with E-state index in [9.17, 15) is 14.4 Å². The predicted molar refractivity (Wildman–Crippen MR) is 57.0 cm³/mol. The number of hydrogen-bond acceptors (Lipinski definition) is 4. The van der Waals surface area contributed by atoms with Crippen molar-refractivity contribution in [3.05, 3.63) is 0 Å². The van der Waals surface area contributed by atoms with E-state index in [1.54, 1.807) is 6.92 Å². The first-order valence-corrected chi connectivity index (χ1v) is 5.41. The van der Waals surface area contributed by atoms with Gasteiger partial charge in [-0.25, -0.2) is 4.79 Å². The molecule has 2 amide bonds. The maximum absolute atomic E-state index is 11.9. The van der Waals surface area contributed by atoms with Gasteiger partial charge in [-0.15, -0.1) is 0 Å². The Bertz CT molecular complexity index is 331. The van der Waals surface area contributed by atoms with Gasteiger partial charge < -0.3 is 20.5 Å². The Kier molecular flexibility index (Phi) is 4.45. The number of carboxylic acid groups (broad SMARTS) is 1. The van der Waals surface area contributed by atoms with Crippen LogP contribution in [-0.4, -0.2) is 53.1 Å². The van der Waals surface area contributed by atoms with Gasteiger partial charge in [0.1, 0.15) is 6.10 Å². The molecule has 0 saturated carbocycles. The fourth-order valence-electron chi connectivity index (χ4n) is 1.74. The summed E-state index contributed by atoms with van der Waals surface area (Å²) in [5.74, 6) is -2.05. The Balaban J connectivity index is 2.58. The topological polar surface area (TPSA) is 110 Å². The van der Waals surface area contributed by atoms with Crippen LogP contribution in [0.15, 0.2) is 0 Å². The first-order valence-electron chi connectivity index (χ1n) is 5.41. The van der Waals surface area contributed by atoms with E-state index < -0.39 is 24.1 Å². The van der Waals surface area contributed by atoms with Crippen molar-refractivity contribution < 1.29 is 24.2 Å². The Morgan fingerprint density at radius 2 is 1.94 bits per heavy atom. The first-order chi connectivity index (χ1) is 7.95. The summed E-state index contributed by atoms with van der Waals surface area (Å²) in [5.41, 5.74) is 5.01. The maximum atomic E-state index is 11.9. The lowest BCUT2D eigenvalue weighted by atomic mass is 10.2. The van der Waals surface area contributed by atoms with Gasteiger partial charge >= 0.3 is 5.97 Å². The van der Waals surface area contributed by atoms with Gasteiger partial charge in [-0.3, -0.25) is 9.59 Å². The average molecular weight is 244 g/mol. The molecule has 96 valence electrons. The van der Waals surface area contributed by atoms with Crippen LogP contribution in [0, 0.1) is 0 Å². The molecule has 0 aliphatic carbocycles. The van der Waals surface area contributed by atoms with Crippen molar-refractivity contribution in [1.82, 2.24) is 4.90 Å². The highest BCUT2D eigenvalue weighted by molar-refractivity contribution is 5.87. The van der Waals surface area contributed by atoms with E-state index in [0.717, 1.165) is 0 Å². The van der Waals surface area contributed by atoms with Crippen molar-refractivity contribution >= 4 is 17.8 Å². The molecule has 0 aromatic carbocycles. The number of likely N-dealkylation sites (N-methyl/N-ethyl adjacent to an activating group) is 1. The molecule has 17 heavy (non-hydrogen) atoms. The molecule has 0 bridgehead atoms. The summed E-state index contributed by atoms with van der Waals surface area (Å²) in [6.07, 6.45) is -1.06. The van der Waals surface area contributed by atoms with Crippen molar-refractivity contribution in [2.24, 2.45) is 5.73 Å². The van der Waals surface area contributed by atoms with Crippen LogP contribution in [-0.2, 0) is 19.1 Å². The first kappa shape index (κ1) is 13.4. The zero-order chi connectivity index (χ0) is 13.0. The molecule has 3 N–H and O–H groups in total. The summed E-state index contributed by atoms with van der Waals surface area (Å²) in [6, 6.07) is 0. The van der Waals surface area contributed by atoms with Gasteiger partial charge in [0.15, 0.2) is 6.10 Å². The zero-order valence-corrected chi connectivity index (χ0v) is 9.59. The van der Waals surface area contributed by atoms with Crippen LogP contribution in [0.4, 0.5) is 0 Å². The third kappa shape index (κ3) is 3.42. The number of hydrogen-bond donors (Lipinski definition) is 2. The Hall–Kier alpha value is -1.63. The summed E-state index contributed by atoms with van der Waals surface area (Å²) < 4.78 is 5.11. The van der Waals surface area contributed by atoms with Crippen LogP contribution in [0.2, 0.25) is 0 Å². The molecule has 1 heterocycles. The molecule has 1 aliphatic rings. The monoisotopic (exact) mass is 244 g/mol. The summed E-state index contributed by atoms with van der Waals surface area (Å²) in [4.78, 5) is 34.6. The minimum Gasteiger partial charge on any atom is -0.479 e. The summed E-state index contributed by atoms with van der Waals surface area (Å²) in [7, 11) is 0. The quantitative estimate of drug-likeness (QED) is 0.641. The van der Waals surface area contributed by atoms with Crippen LogP contribution in [0.5, 0.6) is 0 Å². The lowest BCUT2D eigenvalue weighted by molar-refractivity contribution is -0.155. The van der Waals surface area contributed by atoms with Gasteiger partial charge in [-0.05, 0) is 19.8 Å². The fourth-order valence-corrected chi connectivity index (χ4v) is 1.74. The number of rotatable bonds is 5. The molecule has 1 rings (SSSR count). The van der Waals surface area contributed by atoms with E-state index in [4.69, 9.17) is 15.6 Å². The van der Waals surface area contributed by atoms with E-state index in [2.05, 4.69) is 0 Å². The lowest BCUT2D eigenvalue weighted by Gasteiger charge is -2.22. The Labute approximate surface area is 98.5 Å². The fraction of sp³-hybridized carbons (Fsp3) is 0.700. The highest BCUT2D eigenvalue weighted by Gasteiger charge is 2.36. The molecule has 0 radical (unpaired) electrons. The minimum atomic E-state index is -1.07. The van der Waals surface area contributed by atoms with Gasteiger partial charge in [0, 0.05) is 6.54 Å². The SMILES string of the molecule is CCN(CC(N)=O)C(=O)C1CCC(C(=O)O)O1. The van der Waals surface area contributed by atoms with Crippen molar-refractivity contribution in [3.63, 3.8) is 0 Å². The van der Waals surface area contributed by atoms with E-state index in [1.807, 2.05) is 0 Å². The molecule has 0 spiro atoms. The number of carbonyl (C=O) groups excluding carboxylic acids is 2. The van der Waals surface area contributed by atoms with Gasteiger partial charge in [-0.1, -0.05) is 0 Å². The average Bonchev–Trinajstić information content (AvgIpc) is 2.73. The summed E-state index contributed by atoms with van der Waals surface area (Å²) in [5, 5.41) is 8.73. The highest BCUT2D eigenvalue weighted by Crippen LogP contribution is 2.21. The second-order valence-corrected chi connectivity index (χ2v) is 3.85. The number of carbonyl (C=O) groups is 3. The number of nitrogens with zero attached hydrogens (tertiary/aromatic N) is 1. The second kappa shape index (κ2) is 5.62. The number of carboxylic acids is 1. The number of aliphatic carboxylic acids is 1. The zero-order valence-electron chi connectivity index (χ0n) is 9.59. The van der Waals surface area contributed by atoms with Crippen molar-refractivity contribution in [3.8, 4) is 0 Å². The number of ether oxygens (including phenoxy) is 1. The maximum Gasteiger partial charge on any atom is 0.332 e. The van der Waals surface area contributed by atoms with E-state index in [1.165, 1.54) is 4.90 Å². The third-order valence-electron chi connectivity index (χ3n) is 2.61. The van der Waals surface area contributed by atoms with Crippen LogP contribution in [0.3, 0.4) is 0 Å². The summed E-state index contributed by atoms with van der Waals surface area (Å²) in [6.45, 7) is 1.87. The number of amides is 2. The third-order valence-corrected chi connectivity index (χ3v) is 2.61. The molecule has 2 atom stereocenters. The Morgan fingerprint density at radius 1 is 1.35 bits per heavy atom. The molecule has 1 aliphatic heterocycles. The van der Waals surface area contributed by atoms with Crippen molar-refractivity contribution in [2.75, 3.05) is 13.1 Å². The van der Waals surface area contributed by atoms with Crippen LogP contribution >= 0.6 is 0 Å². The van der Waals surface area contributed by atoms with Gasteiger partial charge in [0.05, 0.1) is 6.54 Å². The molecule has 0 aromatic rings. The van der Waals surface area contributed by atoms with Crippen molar-refractivity contribution in [2.45, 2.75) is 32.0 Å². The van der Waals surface area contributed by atoms with E-state index in [-0.39, 0.29) is 12.5 Å². The number of nitrogens with two attached hydrogens (primary N) is 1. The molecule has 1 saturated heterocycles. The highest BCUT2D eigenvalue weighted by atomic mass is 16.5. The molecule has 0 aromatic heterocycles.